The lowest BCUT2D eigenvalue weighted by atomic mass is 10.2. The van der Waals surface area contributed by atoms with E-state index in [9.17, 15) is 5.11 Å². The standard InChI is InChI=1S/C15H18ClN3O2/c16-15-4-2-1-3-12(15)9-21-10-14(20)8-18-7-13-5-6-17-11-19-13/h1-6,11,14,18,20H,7-10H2. The summed E-state index contributed by atoms with van der Waals surface area (Å²) in [4.78, 5) is 7.93. The van der Waals surface area contributed by atoms with Gasteiger partial charge in [0.15, 0.2) is 0 Å². The van der Waals surface area contributed by atoms with Crippen LogP contribution in [0.4, 0.5) is 0 Å². The molecule has 0 radical (unpaired) electrons. The minimum atomic E-state index is -0.575. The Morgan fingerprint density at radius 3 is 2.90 bits per heavy atom. The van der Waals surface area contributed by atoms with Crippen molar-refractivity contribution in [1.82, 2.24) is 15.3 Å². The average molecular weight is 308 g/mol. The number of nitrogens with one attached hydrogen (secondary N) is 1. The number of nitrogens with zero attached hydrogens (tertiary/aromatic N) is 2. The second-order valence-corrected chi connectivity index (χ2v) is 5.00. The van der Waals surface area contributed by atoms with E-state index in [4.69, 9.17) is 16.3 Å². The van der Waals surface area contributed by atoms with Crippen LogP contribution < -0.4 is 5.32 Å². The van der Waals surface area contributed by atoms with Crippen LogP contribution in [-0.2, 0) is 17.9 Å². The zero-order valence-corrected chi connectivity index (χ0v) is 12.3. The molecule has 112 valence electrons. The van der Waals surface area contributed by atoms with Crippen molar-refractivity contribution in [3.8, 4) is 0 Å². The molecule has 1 atom stereocenters. The molecule has 1 unspecified atom stereocenters. The topological polar surface area (TPSA) is 67.3 Å². The highest BCUT2D eigenvalue weighted by molar-refractivity contribution is 6.31. The maximum absolute atomic E-state index is 9.82. The number of rotatable bonds is 8. The van der Waals surface area contributed by atoms with Crippen molar-refractivity contribution in [3.63, 3.8) is 0 Å². The quantitative estimate of drug-likeness (QED) is 0.778. The summed E-state index contributed by atoms with van der Waals surface area (Å²) in [6, 6.07) is 9.33. The fourth-order valence-electron chi connectivity index (χ4n) is 1.77. The van der Waals surface area contributed by atoms with Crippen molar-refractivity contribution in [2.75, 3.05) is 13.2 Å². The van der Waals surface area contributed by atoms with E-state index in [-0.39, 0.29) is 6.61 Å². The van der Waals surface area contributed by atoms with Gasteiger partial charge in [0.05, 0.1) is 25.0 Å². The lowest BCUT2D eigenvalue weighted by Gasteiger charge is -2.12. The summed E-state index contributed by atoms with van der Waals surface area (Å²) in [5, 5.41) is 13.6. The van der Waals surface area contributed by atoms with Crippen LogP contribution in [0.3, 0.4) is 0 Å². The van der Waals surface area contributed by atoms with Gasteiger partial charge in [0.1, 0.15) is 6.33 Å². The highest BCUT2D eigenvalue weighted by Crippen LogP contribution is 2.15. The van der Waals surface area contributed by atoms with Gasteiger partial charge in [0, 0.05) is 24.3 Å². The summed E-state index contributed by atoms with van der Waals surface area (Å²) < 4.78 is 5.47. The number of hydrogen-bond acceptors (Lipinski definition) is 5. The lowest BCUT2D eigenvalue weighted by molar-refractivity contribution is 0.0287. The van der Waals surface area contributed by atoms with Crippen LogP contribution in [0.15, 0.2) is 42.9 Å². The van der Waals surface area contributed by atoms with Gasteiger partial charge in [-0.25, -0.2) is 9.97 Å². The maximum atomic E-state index is 9.82. The second-order valence-electron chi connectivity index (χ2n) is 4.59. The Kier molecular flexibility index (Phi) is 6.56. The molecule has 0 bridgehead atoms. The van der Waals surface area contributed by atoms with E-state index in [0.29, 0.717) is 24.7 Å². The molecule has 0 amide bonds. The number of benzene rings is 1. The molecule has 0 aliphatic rings. The van der Waals surface area contributed by atoms with Gasteiger partial charge in [-0.05, 0) is 17.7 Å². The first-order chi connectivity index (χ1) is 10.3. The van der Waals surface area contributed by atoms with Crippen LogP contribution >= 0.6 is 11.6 Å². The summed E-state index contributed by atoms with van der Waals surface area (Å²) in [6.45, 7) is 1.67. The molecule has 5 nitrogen and oxygen atoms in total. The maximum Gasteiger partial charge on any atom is 0.115 e. The van der Waals surface area contributed by atoms with Crippen molar-refractivity contribution >= 4 is 11.6 Å². The smallest absolute Gasteiger partial charge is 0.115 e. The molecule has 2 aromatic rings. The first kappa shape index (κ1) is 15.9. The van der Waals surface area contributed by atoms with E-state index < -0.39 is 6.10 Å². The van der Waals surface area contributed by atoms with Crippen LogP contribution in [0.5, 0.6) is 0 Å². The normalized spacial score (nSPS) is 12.3. The number of aliphatic hydroxyl groups excluding tert-OH is 1. The van der Waals surface area contributed by atoms with Crippen LogP contribution in [0.25, 0.3) is 0 Å². The summed E-state index contributed by atoms with van der Waals surface area (Å²) in [5.74, 6) is 0. The van der Waals surface area contributed by atoms with Gasteiger partial charge in [-0.15, -0.1) is 0 Å². The minimum Gasteiger partial charge on any atom is -0.389 e. The van der Waals surface area contributed by atoms with Gasteiger partial charge in [0.25, 0.3) is 0 Å². The largest absolute Gasteiger partial charge is 0.389 e. The number of halogens is 1. The summed E-state index contributed by atoms with van der Waals surface area (Å²) in [7, 11) is 0. The molecule has 21 heavy (non-hydrogen) atoms. The first-order valence-electron chi connectivity index (χ1n) is 6.70. The van der Waals surface area contributed by atoms with Crippen LogP contribution in [-0.4, -0.2) is 34.3 Å². The summed E-state index contributed by atoms with van der Waals surface area (Å²) in [6.07, 6.45) is 2.61. The molecule has 0 spiro atoms. The third kappa shape index (κ3) is 5.77. The van der Waals surface area contributed by atoms with Crippen molar-refractivity contribution in [2.24, 2.45) is 0 Å². The van der Waals surface area contributed by atoms with Gasteiger partial charge in [-0.2, -0.15) is 0 Å². The van der Waals surface area contributed by atoms with Crippen molar-refractivity contribution < 1.29 is 9.84 Å². The number of ether oxygens (including phenoxy) is 1. The Morgan fingerprint density at radius 2 is 2.14 bits per heavy atom. The molecule has 0 saturated heterocycles. The molecular weight excluding hydrogens is 290 g/mol. The lowest BCUT2D eigenvalue weighted by Crippen LogP contribution is -2.30. The molecule has 6 heteroatoms. The van der Waals surface area contributed by atoms with Crippen molar-refractivity contribution in [1.29, 1.82) is 0 Å². The summed E-state index contributed by atoms with van der Waals surface area (Å²) in [5.41, 5.74) is 1.80. The van der Waals surface area contributed by atoms with E-state index in [1.54, 1.807) is 6.20 Å². The average Bonchev–Trinajstić information content (AvgIpc) is 2.50. The van der Waals surface area contributed by atoms with Gasteiger partial charge in [-0.3, -0.25) is 0 Å². The third-order valence-corrected chi connectivity index (χ3v) is 3.22. The van der Waals surface area contributed by atoms with Crippen molar-refractivity contribution in [3.05, 3.63) is 59.1 Å². The number of hydrogen-bond donors (Lipinski definition) is 2. The van der Waals surface area contributed by atoms with Crippen LogP contribution in [0, 0.1) is 0 Å². The second kappa shape index (κ2) is 8.69. The predicted octanol–water partition coefficient (Wildman–Crippen LogP) is 1.80. The molecule has 0 aliphatic heterocycles. The van der Waals surface area contributed by atoms with E-state index in [2.05, 4.69) is 15.3 Å². The zero-order valence-electron chi connectivity index (χ0n) is 11.6. The summed E-state index contributed by atoms with van der Waals surface area (Å²) >= 11 is 6.02. The molecule has 1 aromatic carbocycles. The van der Waals surface area contributed by atoms with Gasteiger partial charge >= 0.3 is 0 Å². The number of aliphatic hydroxyl groups is 1. The van der Waals surface area contributed by atoms with Crippen LogP contribution in [0.1, 0.15) is 11.3 Å². The van der Waals surface area contributed by atoms with Crippen LogP contribution in [0.2, 0.25) is 5.02 Å². The highest BCUT2D eigenvalue weighted by atomic mass is 35.5. The Hall–Kier alpha value is -1.53. The minimum absolute atomic E-state index is 0.252. The SMILES string of the molecule is OC(CNCc1ccncn1)COCc1ccccc1Cl. The van der Waals surface area contributed by atoms with Crippen molar-refractivity contribution in [2.45, 2.75) is 19.3 Å². The molecule has 0 fully saturated rings. The Bertz CT molecular complexity index is 539. The van der Waals surface area contributed by atoms with E-state index in [1.165, 1.54) is 6.33 Å². The monoisotopic (exact) mass is 307 g/mol. The molecule has 2 N–H and O–H groups in total. The Labute approximate surface area is 129 Å². The van der Waals surface area contributed by atoms with E-state index >= 15 is 0 Å². The Morgan fingerprint density at radius 1 is 1.29 bits per heavy atom. The molecule has 2 rings (SSSR count). The molecule has 1 aromatic heterocycles. The van der Waals surface area contributed by atoms with E-state index in [0.717, 1.165) is 11.3 Å². The highest BCUT2D eigenvalue weighted by Gasteiger charge is 2.05. The molecule has 1 heterocycles. The number of aromatic nitrogens is 2. The van der Waals surface area contributed by atoms with E-state index in [1.807, 2.05) is 30.3 Å². The molecular formula is C15H18ClN3O2. The fraction of sp³-hybridized carbons (Fsp3) is 0.333. The predicted molar refractivity (Wildman–Crippen MR) is 80.9 cm³/mol. The fourth-order valence-corrected chi connectivity index (χ4v) is 1.96. The van der Waals surface area contributed by atoms with Gasteiger partial charge < -0.3 is 15.2 Å². The first-order valence-corrected chi connectivity index (χ1v) is 7.08. The van der Waals surface area contributed by atoms with Gasteiger partial charge in [0.2, 0.25) is 0 Å². The Balaban J connectivity index is 1.62. The van der Waals surface area contributed by atoms with Gasteiger partial charge in [-0.1, -0.05) is 29.8 Å². The molecule has 0 aliphatic carbocycles. The zero-order chi connectivity index (χ0) is 14.9. The molecule has 0 saturated carbocycles. The third-order valence-electron chi connectivity index (χ3n) is 2.85.